The molecule has 126 valence electrons. The normalized spacial score (nSPS) is 22.7. The third kappa shape index (κ3) is 4.60. The molecule has 2 aliphatic rings. The fourth-order valence-corrected chi connectivity index (χ4v) is 4.50. The summed E-state index contributed by atoms with van der Waals surface area (Å²) in [5.74, 6) is 0.932. The van der Waals surface area contributed by atoms with Crippen LogP contribution in [0.5, 0.6) is 5.75 Å². The lowest BCUT2D eigenvalue weighted by Gasteiger charge is -2.25. The lowest BCUT2D eigenvalue weighted by atomic mass is 10.2. The van der Waals surface area contributed by atoms with Crippen LogP contribution in [-0.4, -0.2) is 48.5 Å². The molecule has 0 bridgehead atoms. The van der Waals surface area contributed by atoms with Crippen LogP contribution in [0.15, 0.2) is 24.3 Å². The predicted molar refractivity (Wildman–Crippen MR) is 86.8 cm³/mol. The topological polar surface area (TPSA) is 86.7 Å². The van der Waals surface area contributed by atoms with E-state index in [1.54, 1.807) is 29.2 Å². The van der Waals surface area contributed by atoms with Crippen LogP contribution in [0, 0.1) is 5.92 Å². The Morgan fingerprint density at radius 1 is 1.22 bits per heavy atom. The van der Waals surface area contributed by atoms with Gasteiger partial charge in [0.1, 0.15) is 5.75 Å². The fourth-order valence-electron chi connectivity index (χ4n) is 2.83. The molecule has 7 heteroatoms. The number of sulfone groups is 1. The summed E-state index contributed by atoms with van der Waals surface area (Å²) in [5, 5.41) is 12.2. The van der Waals surface area contributed by atoms with Gasteiger partial charge in [0.25, 0.3) is 0 Å². The van der Waals surface area contributed by atoms with Gasteiger partial charge in [0.15, 0.2) is 9.84 Å². The molecule has 0 aromatic heterocycles. The molecule has 6 nitrogen and oxygen atoms in total. The number of nitrogens with zero attached hydrogens (tertiary/aromatic N) is 1. The third-order valence-electron chi connectivity index (χ3n) is 4.33. The van der Waals surface area contributed by atoms with Crippen LogP contribution >= 0.6 is 0 Å². The Morgan fingerprint density at radius 3 is 2.48 bits per heavy atom. The smallest absolute Gasteiger partial charge is 0.317 e. The van der Waals surface area contributed by atoms with Crippen molar-refractivity contribution in [3.05, 3.63) is 29.8 Å². The first-order valence-electron chi connectivity index (χ1n) is 7.95. The van der Waals surface area contributed by atoms with Crippen molar-refractivity contribution in [2.75, 3.05) is 18.1 Å². The molecule has 3 rings (SSSR count). The van der Waals surface area contributed by atoms with Crippen molar-refractivity contribution in [1.82, 2.24) is 10.2 Å². The van der Waals surface area contributed by atoms with Crippen LogP contribution in [-0.2, 0) is 16.4 Å². The van der Waals surface area contributed by atoms with Gasteiger partial charge in [-0.15, -0.1) is 0 Å². The summed E-state index contributed by atoms with van der Waals surface area (Å²) in [4.78, 5) is 14.3. The number of phenolic OH excluding ortho intramolecular Hbond substituents is 1. The van der Waals surface area contributed by atoms with Crippen LogP contribution in [0.4, 0.5) is 4.79 Å². The molecule has 0 spiro atoms. The van der Waals surface area contributed by atoms with Gasteiger partial charge in [-0.05, 0) is 42.9 Å². The standard InChI is InChI=1S/C16H22N2O4S/c19-15-5-3-13(4-6-15)10-18(9-12-1-2-12)16(20)17-14-7-8-23(21,22)11-14/h3-6,12,14,19H,1-2,7-11H2,(H,17,20)/t14-/m1/s1. The minimum absolute atomic E-state index is 0.0369. The van der Waals surface area contributed by atoms with Crippen LogP contribution < -0.4 is 5.32 Å². The average molecular weight is 338 g/mol. The Hall–Kier alpha value is -1.76. The first-order valence-corrected chi connectivity index (χ1v) is 9.77. The molecule has 1 atom stereocenters. The van der Waals surface area contributed by atoms with E-state index in [2.05, 4.69) is 5.32 Å². The maximum absolute atomic E-state index is 12.5. The van der Waals surface area contributed by atoms with Gasteiger partial charge in [0.2, 0.25) is 0 Å². The van der Waals surface area contributed by atoms with Gasteiger partial charge in [-0.3, -0.25) is 0 Å². The number of carbonyl (C=O) groups is 1. The maximum Gasteiger partial charge on any atom is 0.317 e. The Morgan fingerprint density at radius 2 is 1.91 bits per heavy atom. The van der Waals surface area contributed by atoms with Gasteiger partial charge < -0.3 is 15.3 Å². The second-order valence-corrected chi connectivity index (χ2v) is 8.77. The van der Waals surface area contributed by atoms with Crippen LogP contribution in [0.25, 0.3) is 0 Å². The molecule has 1 aliphatic heterocycles. The molecular weight excluding hydrogens is 316 g/mol. The Kier molecular flexibility index (Phi) is 4.48. The first kappa shape index (κ1) is 16.1. The molecule has 23 heavy (non-hydrogen) atoms. The molecular formula is C16H22N2O4S. The van der Waals surface area contributed by atoms with E-state index < -0.39 is 9.84 Å². The van der Waals surface area contributed by atoms with Crippen molar-refractivity contribution in [3.8, 4) is 5.75 Å². The van der Waals surface area contributed by atoms with Crippen LogP contribution in [0.3, 0.4) is 0 Å². The largest absolute Gasteiger partial charge is 0.508 e. The number of phenols is 1. The van der Waals surface area contributed by atoms with Crippen molar-refractivity contribution in [2.45, 2.75) is 31.8 Å². The van der Waals surface area contributed by atoms with Crippen molar-refractivity contribution in [2.24, 2.45) is 5.92 Å². The SMILES string of the molecule is O=C(N[C@@H]1CCS(=O)(=O)C1)N(Cc1ccc(O)cc1)CC1CC1. The number of amides is 2. The Bertz CT molecular complexity index is 668. The second-order valence-electron chi connectivity index (χ2n) is 6.54. The zero-order chi connectivity index (χ0) is 16.4. The molecule has 2 fully saturated rings. The van der Waals surface area contributed by atoms with E-state index >= 15 is 0 Å². The monoisotopic (exact) mass is 338 g/mol. The number of benzene rings is 1. The van der Waals surface area contributed by atoms with Crippen LogP contribution in [0.2, 0.25) is 0 Å². The van der Waals surface area contributed by atoms with E-state index in [0.717, 1.165) is 18.4 Å². The highest BCUT2D eigenvalue weighted by molar-refractivity contribution is 7.91. The Balaban J connectivity index is 1.63. The highest BCUT2D eigenvalue weighted by Crippen LogP contribution is 2.30. The summed E-state index contributed by atoms with van der Waals surface area (Å²) in [7, 11) is -3.00. The van der Waals surface area contributed by atoms with Crippen molar-refractivity contribution >= 4 is 15.9 Å². The summed E-state index contributed by atoms with van der Waals surface area (Å²) in [5.41, 5.74) is 0.942. The highest BCUT2D eigenvalue weighted by atomic mass is 32.2. The minimum atomic E-state index is -3.00. The number of nitrogens with one attached hydrogen (secondary N) is 1. The molecule has 1 saturated heterocycles. The van der Waals surface area contributed by atoms with Crippen molar-refractivity contribution in [1.29, 1.82) is 0 Å². The summed E-state index contributed by atoms with van der Waals surface area (Å²) >= 11 is 0. The summed E-state index contributed by atoms with van der Waals surface area (Å²) in [6.45, 7) is 1.15. The van der Waals surface area contributed by atoms with Gasteiger partial charge in [-0.2, -0.15) is 0 Å². The van der Waals surface area contributed by atoms with Gasteiger partial charge in [-0.25, -0.2) is 13.2 Å². The molecule has 1 aromatic rings. The molecule has 1 aromatic carbocycles. The first-order chi connectivity index (χ1) is 10.9. The third-order valence-corrected chi connectivity index (χ3v) is 6.10. The van der Waals surface area contributed by atoms with Gasteiger partial charge in [0, 0.05) is 19.1 Å². The number of carbonyl (C=O) groups excluding carboxylic acids is 1. The zero-order valence-electron chi connectivity index (χ0n) is 12.9. The second kappa shape index (κ2) is 6.39. The summed E-state index contributed by atoms with van der Waals surface area (Å²) in [6, 6.07) is 6.31. The van der Waals surface area contributed by atoms with E-state index in [1.165, 1.54) is 0 Å². The molecule has 1 saturated carbocycles. The van der Waals surface area contributed by atoms with E-state index in [1.807, 2.05) is 0 Å². The molecule has 2 amide bonds. The van der Waals surface area contributed by atoms with E-state index in [4.69, 9.17) is 0 Å². The number of urea groups is 1. The average Bonchev–Trinajstić information content (AvgIpc) is 3.24. The zero-order valence-corrected chi connectivity index (χ0v) is 13.8. The molecule has 1 heterocycles. The number of hydrogen-bond donors (Lipinski definition) is 2. The number of aromatic hydroxyl groups is 1. The molecule has 0 unspecified atom stereocenters. The maximum atomic E-state index is 12.5. The van der Waals surface area contributed by atoms with Crippen molar-refractivity contribution in [3.63, 3.8) is 0 Å². The number of hydrogen-bond acceptors (Lipinski definition) is 4. The summed E-state index contributed by atoms with van der Waals surface area (Å²) < 4.78 is 23.0. The number of rotatable bonds is 5. The van der Waals surface area contributed by atoms with Gasteiger partial charge in [-0.1, -0.05) is 12.1 Å². The molecule has 2 N–H and O–H groups in total. The van der Waals surface area contributed by atoms with Gasteiger partial charge in [0.05, 0.1) is 11.5 Å². The van der Waals surface area contributed by atoms with E-state index in [-0.39, 0.29) is 29.3 Å². The van der Waals surface area contributed by atoms with E-state index in [0.29, 0.717) is 25.4 Å². The van der Waals surface area contributed by atoms with E-state index in [9.17, 15) is 18.3 Å². The predicted octanol–water partition coefficient (Wildman–Crippen LogP) is 1.50. The van der Waals surface area contributed by atoms with Crippen LogP contribution in [0.1, 0.15) is 24.8 Å². The van der Waals surface area contributed by atoms with Crippen molar-refractivity contribution < 1.29 is 18.3 Å². The lowest BCUT2D eigenvalue weighted by Crippen LogP contribution is -2.45. The lowest BCUT2D eigenvalue weighted by molar-refractivity contribution is 0.189. The summed E-state index contributed by atoms with van der Waals surface area (Å²) in [6.07, 6.45) is 2.76. The Labute approximate surface area is 136 Å². The minimum Gasteiger partial charge on any atom is -0.508 e. The molecule has 1 aliphatic carbocycles. The fraction of sp³-hybridized carbons (Fsp3) is 0.562. The van der Waals surface area contributed by atoms with Gasteiger partial charge >= 0.3 is 6.03 Å². The highest BCUT2D eigenvalue weighted by Gasteiger charge is 2.32. The quantitative estimate of drug-likeness (QED) is 0.852. The molecule has 0 radical (unpaired) electrons.